The van der Waals surface area contributed by atoms with Gasteiger partial charge in [-0.2, -0.15) is 17.5 Å². The van der Waals surface area contributed by atoms with Crippen LogP contribution in [0.5, 0.6) is 11.5 Å². The van der Waals surface area contributed by atoms with Gasteiger partial charge in [-0.05, 0) is 24.3 Å². The Kier molecular flexibility index (Phi) is 6.28. The number of nitrogens with zero attached hydrogens (tertiary/aromatic N) is 1. The summed E-state index contributed by atoms with van der Waals surface area (Å²) in [5.41, 5.74) is -0.589. The summed E-state index contributed by atoms with van der Waals surface area (Å²) in [4.78, 5) is -0.617. The number of sulfonamides is 1. The summed E-state index contributed by atoms with van der Waals surface area (Å²) in [7, 11) is -0.145. The normalized spacial score (nSPS) is 12.3. The summed E-state index contributed by atoms with van der Waals surface area (Å²) >= 11 is 5.86. The lowest BCUT2D eigenvalue weighted by Gasteiger charge is -2.20. The van der Waals surface area contributed by atoms with Crippen LogP contribution in [0, 0.1) is 0 Å². The average Bonchev–Trinajstić information content (AvgIpc) is 2.61. The van der Waals surface area contributed by atoms with Gasteiger partial charge in [0.05, 0.1) is 24.8 Å². The first-order valence-electron chi connectivity index (χ1n) is 7.54. The lowest BCUT2D eigenvalue weighted by molar-refractivity contribution is -0.137. The number of hydrogen-bond donors (Lipinski definition) is 0. The van der Waals surface area contributed by atoms with Gasteiger partial charge >= 0.3 is 6.18 Å². The Labute approximate surface area is 160 Å². The standard InChI is InChI=1S/C17H17ClF3NO4S/c1-22(10-11-4-6-13(25-2)9-15(11)26-3)27(23,24)16-8-12(17(19,20)21)5-7-14(16)18/h4-9H,10H2,1-3H3. The second-order valence-corrected chi connectivity index (χ2v) is 8.00. The molecule has 10 heteroatoms. The lowest BCUT2D eigenvalue weighted by Crippen LogP contribution is -2.27. The molecule has 0 heterocycles. The zero-order valence-corrected chi connectivity index (χ0v) is 16.2. The predicted octanol–water partition coefficient (Wildman–Crippen LogP) is 4.20. The Hall–Kier alpha value is -1.97. The predicted molar refractivity (Wildman–Crippen MR) is 94.7 cm³/mol. The second kappa shape index (κ2) is 7.95. The van der Waals surface area contributed by atoms with Crippen molar-refractivity contribution in [3.63, 3.8) is 0 Å². The maximum absolute atomic E-state index is 12.9. The van der Waals surface area contributed by atoms with Crippen LogP contribution in [-0.2, 0) is 22.7 Å². The van der Waals surface area contributed by atoms with E-state index < -0.39 is 26.7 Å². The molecule has 0 spiro atoms. The summed E-state index contributed by atoms with van der Waals surface area (Å²) in [6.07, 6.45) is -4.69. The first kappa shape index (κ1) is 21.3. The molecule has 0 saturated carbocycles. The number of rotatable bonds is 6. The summed E-state index contributed by atoms with van der Waals surface area (Å²) in [5.74, 6) is 0.897. The Balaban J connectivity index is 2.40. The maximum atomic E-state index is 12.9. The van der Waals surface area contributed by atoms with Gasteiger partial charge in [0.25, 0.3) is 0 Å². The fourth-order valence-electron chi connectivity index (χ4n) is 2.35. The lowest BCUT2D eigenvalue weighted by atomic mass is 10.2. The fraction of sp³-hybridized carbons (Fsp3) is 0.294. The molecule has 2 aromatic carbocycles. The maximum Gasteiger partial charge on any atom is 0.416 e. The first-order valence-corrected chi connectivity index (χ1v) is 9.36. The monoisotopic (exact) mass is 423 g/mol. The third-order valence-corrected chi connectivity index (χ3v) is 6.12. The topological polar surface area (TPSA) is 55.8 Å². The van der Waals surface area contributed by atoms with E-state index in [2.05, 4.69) is 0 Å². The van der Waals surface area contributed by atoms with E-state index in [0.717, 1.165) is 16.4 Å². The van der Waals surface area contributed by atoms with Gasteiger partial charge in [0.2, 0.25) is 10.0 Å². The fourth-order valence-corrected chi connectivity index (χ4v) is 4.00. The van der Waals surface area contributed by atoms with Crippen molar-refractivity contribution in [1.82, 2.24) is 4.31 Å². The molecular weight excluding hydrogens is 407 g/mol. The minimum Gasteiger partial charge on any atom is -0.497 e. The second-order valence-electron chi connectivity index (χ2n) is 5.58. The van der Waals surface area contributed by atoms with Crippen LogP contribution in [0.15, 0.2) is 41.3 Å². The van der Waals surface area contributed by atoms with E-state index >= 15 is 0 Å². The molecule has 2 aromatic rings. The largest absolute Gasteiger partial charge is 0.497 e. The van der Waals surface area contributed by atoms with Crippen LogP contribution in [0.25, 0.3) is 0 Å². The van der Waals surface area contributed by atoms with Gasteiger partial charge in [-0.15, -0.1) is 0 Å². The Morgan fingerprint density at radius 1 is 1.07 bits per heavy atom. The summed E-state index contributed by atoms with van der Waals surface area (Å²) in [5, 5.41) is -0.295. The zero-order chi connectivity index (χ0) is 20.4. The summed E-state index contributed by atoms with van der Waals surface area (Å²) in [6, 6.07) is 6.98. The third kappa shape index (κ3) is 4.66. The van der Waals surface area contributed by atoms with E-state index in [1.54, 1.807) is 18.2 Å². The van der Waals surface area contributed by atoms with Crippen LogP contribution in [0.1, 0.15) is 11.1 Å². The van der Waals surface area contributed by atoms with E-state index in [1.165, 1.54) is 21.3 Å². The van der Waals surface area contributed by atoms with Crippen molar-refractivity contribution >= 4 is 21.6 Å². The van der Waals surface area contributed by atoms with Gasteiger partial charge in [-0.3, -0.25) is 0 Å². The number of alkyl halides is 3. The number of halogens is 4. The molecule has 0 N–H and O–H groups in total. The molecule has 0 saturated heterocycles. The molecule has 0 fully saturated rings. The highest BCUT2D eigenvalue weighted by atomic mass is 35.5. The third-order valence-electron chi connectivity index (χ3n) is 3.83. The molecule has 27 heavy (non-hydrogen) atoms. The van der Waals surface area contributed by atoms with Crippen molar-refractivity contribution < 1.29 is 31.1 Å². The van der Waals surface area contributed by atoms with Crippen molar-refractivity contribution in [2.75, 3.05) is 21.3 Å². The smallest absolute Gasteiger partial charge is 0.416 e. The first-order chi connectivity index (χ1) is 12.5. The molecule has 148 valence electrons. The summed E-state index contributed by atoms with van der Waals surface area (Å²) in [6.45, 7) is -0.137. The van der Waals surface area contributed by atoms with Crippen molar-refractivity contribution in [2.24, 2.45) is 0 Å². The van der Waals surface area contributed by atoms with Crippen molar-refractivity contribution in [2.45, 2.75) is 17.6 Å². The molecule has 0 unspecified atom stereocenters. The van der Waals surface area contributed by atoms with E-state index in [9.17, 15) is 21.6 Å². The molecular formula is C17H17ClF3NO4S. The molecule has 2 rings (SSSR count). The van der Waals surface area contributed by atoms with Gasteiger partial charge in [0, 0.05) is 25.2 Å². The zero-order valence-electron chi connectivity index (χ0n) is 14.7. The highest BCUT2D eigenvalue weighted by Gasteiger charge is 2.33. The van der Waals surface area contributed by atoms with Crippen LogP contribution in [-0.4, -0.2) is 34.0 Å². The quantitative estimate of drug-likeness (QED) is 0.699. The van der Waals surface area contributed by atoms with Crippen LogP contribution in [0.4, 0.5) is 13.2 Å². The summed E-state index contributed by atoms with van der Waals surface area (Å²) < 4.78 is 75.5. The molecule has 0 aliphatic heterocycles. The molecule has 5 nitrogen and oxygen atoms in total. The van der Waals surface area contributed by atoms with E-state index in [-0.39, 0.29) is 11.6 Å². The Morgan fingerprint density at radius 3 is 2.30 bits per heavy atom. The molecule has 0 aliphatic rings. The van der Waals surface area contributed by atoms with E-state index in [1.807, 2.05) is 0 Å². The average molecular weight is 424 g/mol. The van der Waals surface area contributed by atoms with Crippen molar-refractivity contribution in [3.8, 4) is 11.5 Å². The number of hydrogen-bond acceptors (Lipinski definition) is 4. The van der Waals surface area contributed by atoms with Crippen LogP contribution >= 0.6 is 11.6 Å². The van der Waals surface area contributed by atoms with Gasteiger partial charge in [0.15, 0.2) is 0 Å². The Bertz CT molecular complexity index is 932. The molecule has 0 aromatic heterocycles. The molecule has 0 radical (unpaired) electrons. The van der Waals surface area contributed by atoms with Crippen molar-refractivity contribution in [3.05, 3.63) is 52.5 Å². The van der Waals surface area contributed by atoms with Gasteiger partial charge in [0.1, 0.15) is 16.4 Å². The number of benzene rings is 2. The van der Waals surface area contributed by atoms with E-state index in [4.69, 9.17) is 21.1 Å². The SMILES string of the molecule is COc1ccc(CN(C)S(=O)(=O)c2cc(C(F)(F)F)ccc2Cl)c(OC)c1. The van der Waals surface area contributed by atoms with Crippen LogP contribution < -0.4 is 9.47 Å². The van der Waals surface area contributed by atoms with Crippen LogP contribution in [0.2, 0.25) is 5.02 Å². The van der Waals surface area contributed by atoms with Gasteiger partial charge < -0.3 is 9.47 Å². The Morgan fingerprint density at radius 2 is 1.74 bits per heavy atom. The number of ether oxygens (including phenoxy) is 2. The van der Waals surface area contributed by atoms with Crippen LogP contribution in [0.3, 0.4) is 0 Å². The molecule has 0 atom stereocenters. The minimum absolute atomic E-state index is 0.137. The minimum atomic E-state index is -4.69. The van der Waals surface area contributed by atoms with Gasteiger partial charge in [-0.1, -0.05) is 17.7 Å². The highest BCUT2D eigenvalue weighted by molar-refractivity contribution is 7.89. The van der Waals surface area contributed by atoms with Crippen molar-refractivity contribution in [1.29, 1.82) is 0 Å². The van der Waals surface area contributed by atoms with E-state index in [0.29, 0.717) is 23.1 Å². The molecule has 0 bridgehead atoms. The molecule has 0 amide bonds. The number of methoxy groups -OCH3 is 2. The molecule has 0 aliphatic carbocycles. The highest BCUT2D eigenvalue weighted by Crippen LogP contribution is 2.35. The van der Waals surface area contributed by atoms with Gasteiger partial charge in [-0.25, -0.2) is 8.42 Å².